The number of ether oxygens (including phenoxy) is 1. The molecular weight excluding hydrogens is 244 g/mol. The van der Waals surface area contributed by atoms with Gasteiger partial charge in [0.25, 0.3) is 0 Å². The van der Waals surface area contributed by atoms with E-state index in [0.29, 0.717) is 19.0 Å². The lowest BCUT2D eigenvalue weighted by molar-refractivity contribution is -0.143. The molecule has 1 rings (SSSR count). The summed E-state index contributed by atoms with van der Waals surface area (Å²) in [5.41, 5.74) is 5.49. The molecule has 1 aliphatic carbocycles. The lowest BCUT2D eigenvalue weighted by Gasteiger charge is -2.32. The Morgan fingerprint density at radius 2 is 1.89 bits per heavy atom. The summed E-state index contributed by atoms with van der Waals surface area (Å²) in [6.07, 6.45) is 3.74. The van der Waals surface area contributed by atoms with Gasteiger partial charge in [0.2, 0.25) is 5.91 Å². The molecule has 1 aliphatic rings. The van der Waals surface area contributed by atoms with Gasteiger partial charge in [0, 0.05) is 13.1 Å². The minimum atomic E-state index is -0.717. The van der Waals surface area contributed by atoms with Gasteiger partial charge in [-0.1, -0.05) is 26.7 Å². The Hall–Kier alpha value is -1.10. The molecule has 0 aromatic heterocycles. The third-order valence-corrected chi connectivity index (χ3v) is 3.61. The normalized spacial score (nSPS) is 17.5. The predicted molar refractivity (Wildman–Crippen MR) is 73.4 cm³/mol. The first-order valence-corrected chi connectivity index (χ1v) is 7.04. The monoisotopic (exact) mass is 270 g/mol. The Kier molecular flexibility index (Phi) is 5.79. The lowest BCUT2D eigenvalue weighted by atomic mass is 9.96. The average Bonchev–Trinajstić information content (AvgIpc) is 2.80. The highest BCUT2D eigenvalue weighted by atomic mass is 16.5. The van der Waals surface area contributed by atoms with E-state index in [1.807, 2.05) is 0 Å². The number of methoxy groups -OCH3 is 1. The van der Waals surface area contributed by atoms with Crippen molar-refractivity contribution in [3.8, 4) is 0 Å². The Bertz CT molecular complexity index is 323. The van der Waals surface area contributed by atoms with Gasteiger partial charge in [-0.05, 0) is 18.8 Å². The van der Waals surface area contributed by atoms with Crippen molar-refractivity contribution in [3.05, 3.63) is 0 Å². The van der Waals surface area contributed by atoms with E-state index in [-0.39, 0.29) is 18.3 Å². The van der Waals surface area contributed by atoms with E-state index < -0.39 is 5.54 Å². The molecule has 0 atom stereocenters. The number of esters is 1. The maximum absolute atomic E-state index is 12.6. The molecule has 1 fully saturated rings. The largest absolute Gasteiger partial charge is 0.469 e. The fourth-order valence-corrected chi connectivity index (χ4v) is 2.58. The van der Waals surface area contributed by atoms with Crippen LogP contribution in [0.2, 0.25) is 0 Å². The van der Waals surface area contributed by atoms with Gasteiger partial charge in [-0.3, -0.25) is 9.59 Å². The molecule has 0 aliphatic heterocycles. The summed E-state index contributed by atoms with van der Waals surface area (Å²) in [6.45, 7) is 5.13. The lowest BCUT2D eigenvalue weighted by Crippen LogP contribution is -2.54. The molecule has 0 bridgehead atoms. The standard InChI is InChI=1S/C14H26N2O3/c1-11(2)10-16(9-6-12(17)19-3)13(18)14(15)7-4-5-8-14/h11H,4-10,15H2,1-3H3. The number of amides is 1. The zero-order chi connectivity index (χ0) is 14.5. The summed E-state index contributed by atoms with van der Waals surface area (Å²) >= 11 is 0. The van der Waals surface area contributed by atoms with Crippen LogP contribution in [0.25, 0.3) is 0 Å². The molecule has 110 valence electrons. The first-order valence-electron chi connectivity index (χ1n) is 7.04. The smallest absolute Gasteiger partial charge is 0.307 e. The number of carbonyl (C=O) groups is 2. The van der Waals surface area contributed by atoms with Crippen LogP contribution >= 0.6 is 0 Å². The van der Waals surface area contributed by atoms with Gasteiger partial charge in [0.15, 0.2) is 0 Å². The molecular formula is C14H26N2O3. The van der Waals surface area contributed by atoms with Gasteiger partial charge in [0.1, 0.15) is 0 Å². The van der Waals surface area contributed by atoms with Crippen LogP contribution in [0.3, 0.4) is 0 Å². The van der Waals surface area contributed by atoms with E-state index in [1.165, 1.54) is 7.11 Å². The van der Waals surface area contributed by atoms with Crippen LogP contribution in [0, 0.1) is 5.92 Å². The van der Waals surface area contributed by atoms with Gasteiger partial charge in [-0.2, -0.15) is 0 Å². The second-order valence-corrected chi connectivity index (χ2v) is 5.83. The Morgan fingerprint density at radius 1 is 1.32 bits per heavy atom. The molecule has 0 aromatic rings. The highest BCUT2D eigenvalue weighted by Gasteiger charge is 2.39. The Balaban J connectivity index is 2.66. The number of nitrogens with zero attached hydrogens (tertiary/aromatic N) is 1. The number of hydrogen-bond acceptors (Lipinski definition) is 4. The SMILES string of the molecule is COC(=O)CCN(CC(C)C)C(=O)C1(N)CCCC1. The summed E-state index contributed by atoms with van der Waals surface area (Å²) in [5.74, 6) is 0.0493. The zero-order valence-corrected chi connectivity index (χ0v) is 12.3. The predicted octanol–water partition coefficient (Wildman–Crippen LogP) is 1.31. The van der Waals surface area contributed by atoms with Crippen LogP contribution in [0.15, 0.2) is 0 Å². The van der Waals surface area contributed by atoms with E-state index in [1.54, 1.807) is 4.90 Å². The van der Waals surface area contributed by atoms with Crippen LogP contribution in [0.4, 0.5) is 0 Å². The van der Waals surface area contributed by atoms with Crippen molar-refractivity contribution in [3.63, 3.8) is 0 Å². The molecule has 5 heteroatoms. The van der Waals surface area contributed by atoms with Crippen molar-refractivity contribution < 1.29 is 14.3 Å². The molecule has 0 spiro atoms. The van der Waals surface area contributed by atoms with Crippen molar-refractivity contribution in [2.24, 2.45) is 11.7 Å². The molecule has 19 heavy (non-hydrogen) atoms. The number of carbonyl (C=O) groups excluding carboxylic acids is 2. The van der Waals surface area contributed by atoms with Crippen LogP contribution in [-0.2, 0) is 14.3 Å². The van der Waals surface area contributed by atoms with E-state index in [4.69, 9.17) is 5.73 Å². The molecule has 1 amide bonds. The summed E-state index contributed by atoms with van der Waals surface area (Å²) in [4.78, 5) is 25.5. The first kappa shape index (κ1) is 16.0. The molecule has 0 heterocycles. The molecule has 0 unspecified atom stereocenters. The maximum Gasteiger partial charge on any atom is 0.307 e. The van der Waals surface area contributed by atoms with Crippen LogP contribution in [-0.4, -0.2) is 42.5 Å². The van der Waals surface area contributed by atoms with Gasteiger partial charge < -0.3 is 15.4 Å². The Morgan fingerprint density at radius 3 is 2.37 bits per heavy atom. The van der Waals surface area contributed by atoms with E-state index in [9.17, 15) is 9.59 Å². The van der Waals surface area contributed by atoms with Crippen molar-refractivity contribution in [1.29, 1.82) is 0 Å². The molecule has 1 saturated carbocycles. The number of nitrogens with two attached hydrogens (primary N) is 1. The number of hydrogen-bond donors (Lipinski definition) is 1. The Labute approximate surface area is 115 Å². The van der Waals surface area contributed by atoms with E-state index in [2.05, 4.69) is 18.6 Å². The number of rotatable bonds is 6. The molecule has 5 nitrogen and oxygen atoms in total. The van der Waals surface area contributed by atoms with Crippen LogP contribution in [0.5, 0.6) is 0 Å². The topological polar surface area (TPSA) is 72.6 Å². The minimum Gasteiger partial charge on any atom is -0.469 e. The van der Waals surface area contributed by atoms with Gasteiger partial charge in [-0.15, -0.1) is 0 Å². The fraction of sp³-hybridized carbons (Fsp3) is 0.857. The van der Waals surface area contributed by atoms with Crippen LogP contribution < -0.4 is 5.73 Å². The summed E-state index contributed by atoms with van der Waals surface area (Å²) in [6, 6.07) is 0. The third-order valence-electron chi connectivity index (χ3n) is 3.61. The van der Waals surface area contributed by atoms with Crippen molar-refractivity contribution in [2.45, 2.75) is 51.5 Å². The van der Waals surface area contributed by atoms with Crippen LogP contribution in [0.1, 0.15) is 46.0 Å². The summed E-state index contributed by atoms with van der Waals surface area (Å²) in [5, 5.41) is 0. The summed E-state index contributed by atoms with van der Waals surface area (Å²) in [7, 11) is 1.36. The van der Waals surface area contributed by atoms with Gasteiger partial charge >= 0.3 is 5.97 Å². The van der Waals surface area contributed by atoms with Crippen molar-refractivity contribution >= 4 is 11.9 Å². The molecule has 0 saturated heterocycles. The van der Waals surface area contributed by atoms with E-state index >= 15 is 0 Å². The van der Waals surface area contributed by atoms with Gasteiger partial charge in [0.05, 0.1) is 19.1 Å². The second kappa shape index (κ2) is 6.89. The second-order valence-electron chi connectivity index (χ2n) is 5.83. The first-order chi connectivity index (χ1) is 8.89. The summed E-state index contributed by atoms with van der Waals surface area (Å²) < 4.78 is 4.63. The zero-order valence-electron chi connectivity index (χ0n) is 12.3. The maximum atomic E-state index is 12.6. The molecule has 0 aromatic carbocycles. The van der Waals surface area contributed by atoms with Crippen molar-refractivity contribution in [1.82, 2.24) is 4.90 Å². The van der Waals surface area contributed by atoms with E-state index in [0.717, 1.165) is 25.7 Å². The highest BCUT2D eigenvalue weighted by Crippen LogP contribution is 2.29. The molecule has 2 N–H and O–H groups in total. The average molecular weight is 270 g/mol. The van der Waals surface area contributed by atoms with Gasteiger partial charge in [-0.25, -0.2) is 0 Å². The quantitative estimate of drug-likeness (QED) is 0.738. The minimum absolute atomic E-state index is 0.0115. The highest BCUT2D eigenvalue weighted by molar-refractivity contribution is 5.86. The third kappa shape index (κ3) is 4.49. The van der Waals surface area contributed by atoms with Crippen molar-refractivity contribution in [2.75, 3.05) is 20.2 Å². The molecule has 0 radical (unpaired) electrons. The fourth-order valence-electron chi connectivity index (χ4n) is 2.58.